The molecule has 11 heavy (non-hydrogen) atoms. The topological polar surface area (TPSA) is 112 Å². The van der Waals surface area contributed by atoms with Crippen molar-refractivity contribution < 1.29 is 24.7 Å². The molecule has 0 aromatic rings. The fourth-order valence-corrected chi connectivity index (χ4v) is 0. The van der Waals surface area contributed by atoms with E-state index in [0.29, 0.717) is 0 Å². The molecule has 0 amide bonds. The van der Waals surface area contributed by atoms with Crippen molar-refractivity contribution in [3.05, 3.63) is 0 Å². The van der Waals surface area contributed by atoms with Gasteiger partial charge in [0.2, 0.25) is 0 Å². The van der Waals surface area contributed by atoms with E-state index in [1.165, 1.54) is 0 Å². The third-order valence-corrected chi connectivity index (χ3v) is 0. The van der Waals surface area contributed by atoms with Gasteiger partial charge in [-0.2, -0.15) is 0 Å². The first-order valence-corrected chi connectivity index (χ1v) is 2.68. The second kappa shape index (κ2) is 25.0. The van der Waals surface area contributed by atoms with E-state index in [9.17, 15) is 0 Å². The Kier molecular flexibility index (Phi) is 98.9. The molecule has 11 heteroatoms. The van der Waals surface area contributed by atoms with Crippen LogP contribution in [0.5, 0.6) is 0 Å². The molecule has 0 bridgehead atoms. The summed E-state index contributed by atoms with van der Waals surface area (Å²) in [7, 11) is -4.61. The van der Waals surface area contributed by atoms with Crippen molar-refractivity contribution in [3.8, 4) is 0 Å². The SMILES string of the molecule is O.O[Si](O)(O)O.[AlH3].[BaH2].[CaH2].[KH].[NaH]. The molecule has 0 aliphatic rings. The summed E-state index contributed by atoms with van der Waals surface area (Å²) in [6.07, 6.45) is 0. The minimum atomic E-state index is -4.61. The van der Waals surface area contributed by atoms with E-state index in [2.05, 4.69) is 0 Å². The van der Waals surface area contributed by atoms with Gasteiger partial charge in [0.05, 0.1) is 0 Å². The van der Waals surface area contributed by atoms with Crippen LogP contribution >= 0.6 is 0 Å². The van der Waals surface area contributed by atoms with Gasteiger partial charge in [-0.3, -0.25) is 0 Å². The first kappa shape index (κ1) is 43.5. The van der Waals surface area contributed by atoms with E-state index in [0.717, 1.165) is 0 Å². The van der Waals surface area contributed by atoms with Gasteiger partial charge < -0.3 is 24.7 Å². The fourth-order valence-electron chi connectivity index (χ4n) is 0. The molecule has 0 saturated carbocycles. The van der Waals surface area contributed by atoms with E-state index in [1.807, 2.05) is 0 Å². The average molecular weight is 390 g/mol. The molecule has 0 aliphatic heterocycles. The van der Waals surface area contributed by atoms with Crippen molar-refractivity contribution in [2.45, 2.75) is 0 Å². The van der Waals surface area contributed by atoms with Crippen molar-refractivity contribution in [1.29, 1.82) is 0 Å². The summed E-state index contributed by atoms with van der Waals surface area (Å²) < 4.78 is 0. The molecule has 0 saturated heterocycles. The van der Waals surface area contributed by atoms with Crippen LogP contribution in [0, 0.1) is 0 Å². The molecule has 0 radical (unpaired) electrons. The van der Waals surface area contributed by atoms with Crippen LogP contribution in [0.15, 0.2) is 0 Å². The van der Waals surface area contributed by atoms with Gasteiger partial charge in [0, 0.05) is 0 Å². The Balaban J connectivity index is -0.00000000533. The summed E-state index contributed by atoms with van der Waals surface area (Å²) in [5, 5.41) is 0. The molecule has 0 aliphatic carbocycles. The van der Waals surface area contributed by atoms with Gasteiger partial charge in [0.1, 0.15) is 0 Å². The molecule has 0 rings (SSSR count). The third kappa shape index (κ3) is 86.9. The van der Waals surface area contributed by atoms with Crippen LogP contribution in [-0.4, -0.2) is 219 Å². The maximum atomic E-state index is 7.33. The molecular weight excluding hydrogens is 375 g/mol. The van der Waals surface area contributed by atoms with Crippen LogP contribution in [0.25, 0.3) is 0 Å². The minimum absolute atomic E-state index is 0. The standard InChI is InChI=1S/Al.Ba.Ca.K.Na.H4O4Si.H2O.9H/c;;;;;1-5(2,3)4;;;;;;;;;;/h;;;;;1-4H;1H2;;;;;;;;;. The Morgan fingerprint density at radius 2 is 0.909 bits per heavy atom. The van der Waals surface area contributed by atoms with Gasteiger partial charge in [-0.05, 0) is 0 Å². The Bertz CT molecular complexity index is 42.0. The van der Waals surface area contributed by atoms with Gasteiger partial charge in [0.25, 0.3) is 0 Å². The zero-order valence-electron chi connectivity index (χ0n) is 2.79. The normalized spacial score (nSPS) is 5.45. The molecule has 0 unspecified atom stereocenters. The predicted molar refractivity (Wildman–Crippen MR) is 59.6 cm³/mol. The number of rotatable bonds is 0. The maximum absolute atomic E-state index is 7.33. The molecule has 0 heterocycles. The van der Waals surface area contributed by atoms with Gasteiger partial charge in [-0.15, -0.1) is 0 Å². The number of hydrogen-bond acceptors (Lipinski definition) is 4. The molecule has 0 aromatic carbocycles. The second-order valence-corrected chi connectivity index (χ2v) is 1.80. The Labute approximate surface area is 212 Å². The first-order valence-electron chi connectivity index (χ1n) is 0.894. The van der Waals surface area contributed by atoms with E-state index < -0.39 is 9.05 Å². The van der Waals surface area contributed by atoms with Crippen molar-refractivity contribution in [2.24, 2.45) is 0 Å². The molecular formula is H15AlBaCaKNaO5Si. The molecule has 0 aromatic heterocycles. The van der Waals surface area contributed by atoms with Crippen LogP contribution in [0.2, 0.25) is 0 Å². The third-order valence-electron chi connectivity index (χ3n) is 0. The van der Waals surface area contributed by atoms with Crippen LogP contribution in [-0.2, 0) is 0 Å². The van der Waals surface area contributed by atoms with Crippen molar-refractivity contribution in [1.82, 2.24) is 0 Å². The zero-order chi connectivity index (χ0) is 4.50. The average Bonchev–Trinajstić information content (AvgIpc) is 0.722. The molecule has 0 atom stereocenters. The Morgan fingerprint density at radius 3 is 0.909 bits per heavy atom. The quantitative estimate of drug-likeness (QED) is 0.308. The Morgan fingerprint density at radius 1 is 0.909 bits per heavy atom. The summed E-state index contributed by atoms with van der Waals surface area (Å²) in [5.41, 5.74) is 0. The monoisotopic (exact) mass is 390 g/mol. The second-order valence-electron chi connectivity index (χ2n) is 0.600. The van der Waals surface area contributed by atoms with Crippen molar-refractivity contribution >= 4 is 194 Å². The van der Waals surface area contributed by atoms with Crippen molar-refractivity contribution in [2.75, 3.05) is 0 Å². The number of hydrogen-bond donors (Lipinski definition) is 4. The van der Waals surface area contributed by atoms with Gasteiger partial charge in [0.15, 0.2) is 17.4 Å². The molecule has 0 spiro atoms. The van der Waals surface area contributed by atoms with E-state index in [4.69, 9.17) is 19.2 Å². The van der Waals surface area contributed by atoms with Crippen LogP contribution in [0.3, 0.4) is 0 Å². The Hall–Kier alpha value is 6.02. The van der Waals surface area contributed by atoms with Crippen LogP contribution in [0.4, 0.5) is 0 Å². The van der Waals surface area contributed by atoms with E-state index >= 15 is 0 Å². The summed E-state index contributed by atoms with van der Waals surface area (Å²) in [5.74, 6) is 0. The van der Waals surface area contributed by atoms with Crippen molar-refractivity contribution in [3.63, 3.8) is 0 Å². The molecule has 58 valence electrons. The van der Waals surface area contributed by atoms with Gasteiger partial charge in [-0.25, -0.2) is 0 Å². The molecule has 0 fully saturated rings. The van der Waals surface area contributed by atoms with E-state index in [1.54, 1.807) is 0 Å². The predicted octanol–water partition coefficient (Wildman–Crippen LogP) is -7.75. The van der Waals surface area contributed by atoms with Crippen LogP contribution < -0.4 is 0 Å². The summed E-state index contributed by atoms with van der Waals surface area (Å²) in [6.45, 7) is 0. The summed E-state index contributed by atoms with van der Waals surface area (Å²) >= 11 is 0. The van der Waals surface area contributed by atoms with Gasteiger partial charge in [-0.1, -0.05) is 0 Å². The van der Waals surface area contributed by atoms with E-state index in [-0.39, 0.29) is 190 Å². The molecule has 6 N–H and O–H groups in total. The first-order chi connectivity index (χ1) is 2.00. The van der Waals surface area contributed by atoms with Gasteiger partial charge >= 0.3 is 177 Å². The van der Waals surface area contributed by atoms with Crippen LogP contribution in [0.1, 0.15) is 0 Å². The molecule has 5 nitrogen and oxygen atoms in total. The fraction of sp³-hybridized carbons (Fsp3) is 0. The summed E-state index contributed by atoms with van der Waals surface area (Å²) in [6, 6.07) is 0. The summed E-state index contributed by atoms with van der Waals surface area (Å²) in [4.78, 5) is 29.3. The zero-order valence-corrected chi connectivity index (χ0v) is 3.79.